The molecule has 0 bridgehead atoms. The number of benzene rings is 1. The highest BCUT2D eigenvalue weighted by Crippen LogP contribution is 2.35. The SMILES string of the molecule is O=c1[nH]ccc2nc(-c3ccc(CN4CCC(c5nc(-c6ccccn6)n[nH]5)CC4)cc3)c(-c3cccs3)cc12. The second-order valence-electron chi connectivity index (χ2n) is 10.1. The van der Waals surface area contributed by atoms with Gasteiger partial charge in [0.15, 0.2) is 5.82 Å². The van der Waals surface area contributed by atoms with E-state index in [1.807, 2.05) is 41.8 Å². The van der Waals surface area contributed by atoms with E-state index in [1.165, 1.54) is 5.56 Å². The van der Waals surface area contributed by atoms with Crippen LogP contribution in [0.2, 0.25) is 0 Å². The molecular weight excluding hydrogens is 518 g/mol. The maximum atomic E-state index is 12.4. The molecule has 0 aliphatic carbocycles. The molecule has 0 saturated carbocycles. The van der Waals surface area contributed by atoms with Crippen LogP contribution in [-0.2, 0) is 6.54 Å². The monoisotopic (exact) mass is 545 g/mol. The highest BCUT2D eigenvalue weighted by molar-refractivity contribution is 7.13. The number of aromatic nitrogens is 6. The van der Waals surface area contributed by atoms with Gasteiger partial charge in [-0.15, -0.1) is 11.3 Å². The number of pyridine rings is 3. The van der Waals surface area contributed by atoms with Gasteiger partial charge in [0.2, 0.25) is 0 Å². The molecule has 9 heteroatoms. The zero-order valence-corrected chi connectivity index (χ0v) is 22.6. The van der Waals surface area contributed by atoms with Gasteiger partial charge in [-0.1, -0.05) is 36.4 Å². The van der Waals surface area contributed by atoms with Gasteiger partial charge in [0, 0.05) is 40.9 Å². The van der Waals surface area contributed by atoms with Crippen molar-refractivity contribution in [3.63, 3.8) is 0 Å². The Kier molecular flexibility index (Phi) is 6.51. The van der Waals surface area contributed by atoms with Crippen LogP contribution in [-0.4, -0.2) is 48.1 Å². The number of aromatic amines is 2. The van der Waals surface area contributed by atoms with Crippen molar-refractivity contribution >= 4 is 22.2 Å². The first-order valence-electron chi connectivity index (χ1n) is 13.4. The molecule has 0 radical (unpaired) electrons. The Bertz CT molecular complexity index is 1800. The topological polar surface area (TPSA) is 103 Å². The van der Waals surface area contributed by atoms with E-state index < -0.39 is 0 Å². The van der Waals surface area contributed by atoms with Crippen LogP contribution in [0.15, 0.2) is 89.3 Å². The first-order chi connectivity index (χ1) is 19.7. The van der Waals surface area contributed by atoms with Crippen LogP contribution < -0.4 is 5.56 Å². The average Bonchev–Trinajstić information content (AvgIpc) is 3.72. The zero-order valence-electron chi connectivity index (χ0n) is 21.7. The minimum atomic E-state index is -0.120. The summed E-state index contributed by atoms with van der Waals surface area (Å²) in [5, 5.41) is 10.2. The van der Waals surface area contributed by atoms with Crippen LogP contribution in [0, 0.1) is 0 Å². The lowest BCUT2D eigenvalue weighted by Gasteiger charge is -2.31. The second-order valence-corrected chi connectivity index (χ2v) is 11.1. The van der Waals surface area contributed by atoms with Crippen LogP contribution in [0.1, 0.15) is 30.1 Å². The number of nitrogens with one attached hydrogen (secondary N) is 2. The largest absolute Gasteiger partial charge is 0.328 e. The third-order valence-corrected chi connectivity index (χ3v) is 8.45. The van der Waals surface area contributed by atoms with Gasteiger partial charge in [-0.25, -0.2) is 9.97 Å². The molecule has 5 aromatic heterocycles. The molecule has 1 saturated heterocycles. The Hall–Kier alpha value is -4.47. The summed E-state index contributed by atoms with van der Waals surface area (Å²) in [7, 11) is 0. The first kappa shape index (κ1) is 24.6. The molecule has 6 aromatic rings. The molecule has 6 heterocycles. The molecular formula is C31H27N7OS. The summed E-state index contributed by atoms with van der Waals surface area (Å²) in [4.78, 5) is 32.8. The number of hydrogen-bond acceptors (Lipinski definition) is 7. The van der Waals surface area contributed by atoms with E-state index in [0.717, 1.165) is 65.7 Å². The molecule has 0 spiro atoms. The lowest BCUT2D eigenvalue weighted by molar-refractivity contribution is 0.202. The fraction of sp³-hybridized carbons (Fsp3) is 0.194. The van der Waals surface area contributed by atoms with Crippen molar-refractivity contribution in [1.29, 1.82) is 0 Å². The van der Waals surface area contributed by atoms with Gasteiger partial charge in [0.25, 0.3) is 5.56 Å². The standard InChI is InChI=1S/C31H27N7OS/c39-31-23-18-24(27-5-3-17-40-27)28(34-25(23)10-14-33-31)21-8-6-20(7-9-21)19-38-15-11-22(12-16-38)29-35-30(37-36-29)26-4-1-2-13-32-26/h1-10,13-14,17-18,22H,11-12,15-16,19H2,(H,33,39)(H,35,36,37). The van der Waals surface area contributed by atoms with Crippen LogP contribution >= 0.6 is 11.3 Å². The Labute approximate surface area is 234 Å². The molecule has 7 rings (SSSR count). The Balaban J connectivity index is 1.05. The summed E-state index contributed by atoms with van der Waals surface area (Å²) in [6, 6.07) is 22.4. The third-order valence-electron chi connectivity index (χ3n) is 7.54. The minimum absolute atomic E-state index is 0.120. The Morgan fingerprint density at radius 3 is 2.62 bits per heavy atom. The van der Waals surface area contributed by atoms with Crippen molar-refractivity contribution in [2.24, 2.45) is 0 Å². The predicted molar refractivity (Wildman–Crippen MR) is 158 cm³/mol. The van der Waals surface area contributed by atoms with Crippen molar-refractivity contribution in [1.82, 2.24) is 35.0 Å². The van der Waals surface area contributed by atoms with Gasteiger partial charge < -0.3 is 4.98 Å². The number of fused-ring (bicyclic) bond motifs is 1. The number of thiophene rings is 1. The van der Waals surface area contributed by atoms with Gasteiger partial charge in [0.1, 0.15) is 11.5 Å². The van der Waals surface area contributed by atoms with Gasteiger partial charge in [0.05, 0.1) is 16.6 Å². The zero-order chi connectivity index (χ0) is 26.9. The lowest BCUT2D eigenvalue weighted by atomic mass is 9.95. The molecule has 0 unspecified atom stereocenters. The number of rotatable bonds is 6. The quantitative estimate of drug-likeness (QED) is 0.271. The van der Waals surface area contributed by atoms with Gasteiger partial charge in [-0.2, -0.15) is 5.10 Å². The molecule has 0 amide bonds. The number of piperidine rings is 1. The molecule has 2 N–H and O–H groups in total. The number of hydrogen-bond donors (Lipinski definition) is 2. The third kappa shape index (κ3) is 4.85. The maximum Gasteiger partial charge on any atom is 0.257 e. The van der Waals surface area contributed by atoms with E-state index in [1.54, 1.807) is 23.7 Å². The summed E-state index contributed by atoms with van der Waals surface area (Å²) in [6.07, 6.45) is 5.50. The summed E-state index contributed by atoms with van der Waals surface area (Å²) in [5.41, 5.74) is 5.56. The van der Waals surface area contributed by atoms with Gasteiger partial charge in [-0.05, 0) is 67.2 Å². The smallest absolute Gasteiger partial charge is 0.257 e. The van der Waals surface area contributed by atoms with Crippen LogP contribution in [0.5, 0.6) is 0 Å². The number of likely N-dealkylation sites (tertiary alicyclic amines) is 1. The van der Waals surface area contributed by atoms with E-state index in [2.05, 4.69) is 55.4 Å². The van der Waals surface area contributed by atoms with E-state index in [4.69, 9.17) is 9.97 Å². The maximum absolute atomic E-state index is 12.4. The predicted octanol–water partition coefficient (Wildman–Crippen LogP) is 5.88. The average molecular weight is 546 g/mol. The molecule has 0 atom stereocenters. The molecule has 1 aliphatic rings. The van der Waals surface area contributed by atoms with E-state index in [-0.39, 0.29) is 5.56 Å². The van der Waals surface area contributed by atoms with Gasteiger partial charge >= 0.3 is 0 Å². The van der Waals surface area contributed by atoms with E-state index >= 15 is 0 Å². The van der Waals surface area contributed by atoms with Crippen LogP contribution in [0.3, 0.4) is 0 Å². The highest BCUT2D eigenvalue weighted by atomic mass is 32.1. The fourth-order valence-electron chi connectivity index (χ4n) is 5.41. The molecule has 40 heavy (non-hydrogen) atoms. The molecule has 8 nitrogen and oxygen atoms in total. The summed E-state index contributed by atoms with van der Waals surface area (Å²) < 4.78 is 0. The number of H-pyrrole nitrogens is 2. The molecule has 1 aromatic carbocycles. The van der Waals surface area contributed by atoms with Crippen LogP contribution in [0.4, 0.5) is 0 Å². The summed E-state index contributed by atoms with van der Waals surface area (Å²) in [5.74, 6) is 2.00. The van der Waals surface area contributed by atoms with E-state index in [9.17, 15) is 4.79 Å². The van der Waals surface area contributed by atoms with Crippen LogP contribution in [0.25, 0.3) is 44.1 Å². The first-order valence-corrected chi connectivity index (χ1v) is 14.3. The molecule has 1 fully saturated rings. The Morgan fingerprint density at radius 1 is 0.975 bits per heavy atom. The Morgan fingerprint density at radius 2 is 1.85 bits per heavy atom. The van der Waals surface area contributed by atoms with Gasteiger partial charge in [-0.3, -0.25) is 19.8 Å². The normalized spacial score (nSPS) is 14.6. The number of nitrogens with zero attached hydrogens (tertiary/aromatic N) is 5. The molecule has 1 aliphatic heterocycles. The van der Waals surface area contributed by atoms with Crippen molar-refractivity contribution < 1.29 is 0 Å². The minimum Gasteiger partial charge on any atom is -0.328 e. The van der Waals surface area contributed by atoms with Crippen molar-refractivity contribution in [3.05, 3.63) is 106 Å². The summed E-state index contributed by atoms with van der Waals surface area (Å²) in [6.45, 7) is 2.92. The van der Waals surface area contributed by atoms with Crippen molar-refractivity contribution in [3.8, 4) is 33.2 Å². The van der Waals surface area contributed by atoms with E-state index in [0.29, 0.717) is 22.6 Å². The lowest BCUT2D eigenvalue weighted by Crippen LogP contribution is -2.32. The summed E-state index contributed by atoms with van der Waals surface area (Å²) >= 11 is 1.65. The van der Waals surface area contributed by atoms with Crippen molar-refractivity contribution in [2.75, 3.05) is 13.1 Å². The highest BCUT2D eigenvalue weighted by Gasteiger charge is 2.24. The fourth-order valence-corrected chi connectivity index (χ4v) is 6.15. The van der Waals surface area contributed by atoms with Crippen molar-refractivity contribution in [2.45, 2.75) is 25.3 Å². The molecule has 198 valence electrons. The second kappa shape index (κ2) is 10.6.